The molecule has 1 aromatic heterocycles. The van der Waals surface area contributed by atoms with Crippen molar-refractivity contribution in [3.8, 4) is 0 Å². The number of hydrogen-bond donors (Lipinski definition) is 1. The molecule has 0 aliphatic heterocycles. The van der Waals surface area contributed by atoms with E-state index in [0.717, 1.165) is 31.7 Å². The molecule has 5 heteroatoms. The summed E-state index contributed by atoms with van der Waals surface area (Å²) < 4.78 is 4.83. The summed E-state index contributed by atoms with van der Waals surface area (Å²) in [5.41, 5.74) is 0.828. The van der Waals surface area contributed by atoms with Crippen LogP contribution in [0.15, 0.2) is 24.5 Å². The summed E-state index contributed by atoms with van der Waals surface area (Å²) >= 11 is 0. The Morgan fingerprint density at radius 1 is 1.47 bits per heavy atom. The van der Waals surface area contributed by atoms with Crippen LogP contribution in [-0.2, 0) is 9.53 Å². The summed E-state index contributed by atoms with van der Waals surface area (Å²) in [6.07, 6.45) is 3.37. The Labute approximate surface area is 115 Å². The second-order valence-corrected chi connectivity index (χ2v) is 4.22. The molecule has 1 aromatic rings. The van der Waals surface area contributed by atoms with Crippen molar-refractivity contribution in [3.63, 3.8) is 0 Å². The van der Waals surface area contributed by atoms with E-state index >= 15 is 0 Å². The number of aromatic nitrogens is 1. The number of carbonyl (C=O) groups is 1. The van der Waals surface area contributed by atoms with Gasteiger partial charge in [0, 0.05) is 25.5 Å². The monoisotopic (exact) mass is 265 g/mol. The highest BCUT2D eigenvalue weighted by Crippen LogP contribution is 2.12. The first kappa shape index (κ1) is 15.6. The third-order valence-electron chi connectivity index (χ3n) is 3.13. The van der Waals surface area contributed by atoms with Crippen molar-refractivity contribution < 1.29 is 9.53 Å². The lowest BCUT2D eigenvalue weighted by molar-refractivity contribution is -0.143. The first-order chi connectivity index (χ1) is 9.22. The van der Waals surface area contributed by atoms with Gasteiger partial charge < -0.3 is 9.64 Å². The minimum Gasteiger partial charge on any atom is -0.468 e. The van der Waals surface area contributed by atoms with Crippen LogP contribution >= 0.6 is 0 Å². The standard InChI is InChI=1S/C14H23N3O2/c1-4-17(5-2)10-9-16-13(14(18)19-3)12-7-6-8-15-11-12/h6-8,11,13,16H,4-5,9-10H2,1-3H3. The maximum Gasteiger partial charge on any atom is 0.327 e. The molecular formula is C14H23N3O2. The Hall–Kier alpha value is -1.46. The minimum absolute atomic E-state index is 0.285. The molecule has 5 nitrogen and oxygen atoms in total. The van der Waals surface area contributed by atoms with E-state index in [-0.39, 0.29) is 5.97 Å². The molecule has 0 aliphatic rings. The van der Waals surface area contributed by atoms with Crippen LogP contribution in [0.4, 0.5) is 0 Å². The number of esters is 1. The molecular weight excluding hydrogens is 242 g/mol. The van der Waals surface area contributed by atoms with Gasteiger partial charge in [-0.1, -0.05) is 19.9 Å². The van der Waals surface area contributed by atoms with Crippen LogP contribution in [-0.4, -0.2) is 49.1 Å². The van der Waals surface area contributed by atoms with E-state index in [2.05, 4.69) is 29.0 Å². The Bertz CT molecular complexity index is 366. The number of pyridine rings is 1. The summed E-state index contributed by atoms with van der Waals surface area (Å²) in [6.45, 7) is 7.91. The lowest BCUT2D eigenvalue weighted by Gasteiger charge is -2.21. The quantitative estimate of drug-likeness (QED) is 0.716. The van der Waals surface area contributed by atoms with Crippen LogP contribution in [0.25, 0.3) is 0 Å². The van der Waals surface area contributed by atoms with Gasteiger partial charge in [-0.3, -0.25) is 10.3 Å². The van der Waals surface area contributed by atoms with Crippen LogP contribution in [0.3, 0.4) is 0 Å². The van der Waals surface area contributed by atoms with E-state index in [1.165, 1.54) is 7.11 Å². The smallest absolute Gasteiger partial charge is 0.327 e. The zero-order valence-corrected chi connectivity index (χ0v) is 11.9. The molecule has 0 saturated carbocycles. The van der Waals surface area contributed by atoms with Gasteiger partial charge >= 0.3 is 5.97 Å². The van der Waals surface area contributed by atoms with Crippen molar-refractivity contribution in [3.05, 3.63) is 30.1 Å². The molecule has 0 saturated heterocycles. The van der Waals surface area contributed by atoms with Crippen molar-refractivity contribution in [1.82, 2.24) is 15.2 Å². The zero-order valence-electron chi connectivity index (χ0n) is 11.9. The van der Waals surface area contributed by atoms with Crippen LogP contribution in [0.1, 0.15) is 25.5 Å². The molecule has 1 heterocycles. The maximum atomic E-state index is 11.8. The Balaban J connectivity index is 2.59. The largest absolute Gasteiger partial charge is 0.468 e. The predicted molar refractivity (Wildman–Crippen MR) is 74.8 cm³/mol. The van der Waals surface area contributed by atoms with Gasteiger partial charge in [0.05, 0.1) is 7.11 Å². The summed E-state index contributed by atoms with van der Waals surface area (Å²) in [5, 5.41) is 3.23. The van der Waals surface area contributed by atoms with Crippen molar-refractivity contribution in [2.24, 2.45) is 0 Å². The van der Waals surface area contributed by atoms with Crippen molar-refractivity contribution in [2.45, 2.75) is 19.9 Å². The molecule has 0 bridgehead atoms. The Kier molecular flexibility index (Phi) is 7.07. The molecule has 106 valence electrons. The maximum absolute atomic E-state index is 11.8. The number of ether oxygens (including phenoxy) is 1. The average molecular weight is 265 g/mol. The van der Waals surface area contributed by atoms with E-state index in [0.29, 0.717) is 0 Å². The summed E-state index contributed by atoms with van der Waals surface area (Å²) in [4.78, 5) is 18.1. The first-order valence-corrected chi connectivity index (χ1v) is 6.66. The van der Waals surface area contributed by atoms with Gasteiger partial charge in [-0.05, 0) is 24.7 Å². The molecule has 1 N–H and O–H groups in total. The highest BCUT2D eigenvalue weighted by molar-refractivity contribution is 5.77. The normalized spacial score (nSPS) is 12.4. The summed E-state index contributed by atoms with van der Waals surface area (Å²) in [7, 11) is 1.40. The molecule has 0 radical (unpaired) electrons. The lowest BCUT2D eigenvalue weighted by Crippen LogP contribution is -2.36. The molecule has 0 spiro atoms. The molecule has 0 amide bonds. The molecule has 0 aliphatic carbocycles. The van der Waals surface area contributed by atoms with Crippen molar-refractivity contribution in [1.29, 1.82) is 0 Å². The van der Waals surface area contributed by atoms with E-state index in [1.807, 2.05) is 12.1 Å². The number of hydrogen-bond acceptors (Lipinski definition) is 5. The van der Waals surface area contributed by atoms with E-state index < -0.39 is 6.04 Å². The van der Waals surface area contributed by atoms with Crippen molar-refractivity contribution >= 4 is 5.97 Å². The topological polar surface area (TPSA) is 54.5 Å². The highest BCUT2D eigenvalue weighted by Gasteiger charge is 2.20. The number of nitrogens with one attached hydrogen (secondary N) is 1. The third-order valence-corrected chi connectivity index (χ3v) is 3.13. The fraction of sp³-hybridized carbons (Fsp3) is 0.571. The van der Waals surface area contributed by atoms with Crippen LogP contribution < -0.4 is 5.32 Å². The number of carbonyl (C=O) groups excluding carboxylic acids is 1. The third kappa shape index (κ3) is 4.96. The fourth-order valence-corrected chi connectivity index (χ4v) is 1.91. The summed E-state index contributed by atoms with van der Waals surface area (Å²) in [5.74, 6) is -0.285. The second kappa shape index (κ2) is 8.61. The van der Waals surface area contributed by atoms with Crippen LogP contribution in [0, 0.1) is 0 Å². The molecule has 0 aromatic carbocycles. The molecule has 1 atom stereocenters. The van der Waals surface area contributed by atoms with Gasteiger partial charge in [0.25, 0.3) is 0 Å². The number of nitrogens with zero attached hydrogens (tertiary/aromatic N) is 2. The Morgan fingerprint density at radius 2 is 2.21 bits per heavy atom. The first-order valence-electron chi connectivity index (χ1n) is 6.66. The number of likely N-dealkylation sites (N-methyl/N-ethyl adjacent to an activating group) is 1. The second-order valence-electron chi connectivity index (χ2n) is 4.22. The van der Waals surface area contributed by atoms with E-state index in [4.69, 9.17) is 4.74 Å². The van der Waals surface area contributed by atoms with Crippen LogP contribution in [0.2, 0.25) is 0 Å². The van der Waals surface area contributed by atoms with Gasteiger partial charge in [0.2, 0.25) is 0 Å². The Morgan fingerprint density at radius 3 is 2.74 bits per heavy atom. The van der Waals surface area contributed by atoms with Gasteiger partial charge in [0.1, 0.15) is 6.04 Å². The average Bonchev–Trinajstić information content (AvgIpc) is 2.48. The molecule has 0 fully saturated rings. The SMILES string of the molecule is CCN(CC)CCNC(C(=O)OC)c1cccnc1. The van der Waals surface area contributed by atoms with E-state index in [9.17, 15) is 4.79 Å². The zero-order chi connectivity index (χ0) is 14.1. The highest BCUT2D eigenvalue weighted by atomic mass is 16.5. The predicted octanol–water partition coefficient (Wildman–Crippen LogP) is 1.23. The van der Waals surface area contributed by atoms with Crippen LogP contribution in [0.5, 0.6) is 0 Å². The summed E-state index contributed by atoms with van der Waals surface area (Å²) in [6, 6.07) is 3.24. The van der Waals surface area contributed by atoms with Gasteiger partial charge in [-0.15, -0.1) is 0 Å². The fourth-order valence-electron chi connectivity index (χ4n) is 1.91. The van der Waals surface area contributed by atoms with E-state index in [1.54, 1.807) is 12.4 Å². The molecule has 1 rings (SSSR count). The van der Waals surface area contributed by atoms with Gasteiger partial charge in [-0.25, -0.2) is 4.79 Å². The lowest BCUT2D eigenvalue weighted by atomic mass is 10.1. The number of rotatable bonds is 8. The van der Waals surface area contributed by atoms with Gasteiger partial charge in [0.15, 0.2) is 0 Å². The van der Waals surface area contributed by atoms with Crippen molar-refractivity contribution in [2.75, 3.05) is 33.3 Å². The number of methoxy groups -OCH3 is 1. The molecule has 1 unspecified atom stereocenters. The molecule has 19 heavy (non-hydrogen) atoms. The minimum atomic E-state index is -0.450. The van der Waals surface area contributed by atoms with Gasteiger partial charge in [-0.2, -0.15) is 0 Å².